The van der Waals surface area contributed by atoms with Crippen molar-refractivity contribution in [2.45, 2.75) is 32.2 Å². The van der Waals surface area contributed by atoms with Crippen LogP contribution in [0.5, 0.6) is 0 Å². The maximum Gasteiger partial charge on any atom is 0.270 e. The molecule has 3 aromatic rings. The fraction of sp³-hybridized carbons (Fsp3) is 0.353. The molecule has 1 aliphatic carbocycles. The van der Waals surface area contributed by atoms with Crippen molar-refractivity contribution in [3.8, 4) is 11.5 Å². The molecule has 0 saturated heterocycles. The number of carbonyl (C=O) groups excluding carboxylic acids is 1. The average molecular weight is 325 g/mol. The van der Waals surface area contributed by atoms with E-state index < -0.39 is 5.91 Å². The van der Waals surface area contributed by atoms with Gasteiger partial charge in [0.15, 0.2) is 5.69 Å². The van der Waals surface area contributed by atoms with Crippen molar-refractivity contribution in [2.75, 3.05) is 5.32 Å². The summed E-state index contributed by atoms with van der Waals surface area (Å²) in [6, 6.07) is 2.38. The first-order valence-electron chi connectivity index (χ1n) is 8.10. The average Bonchev–Trinajstić information content (AvgIpc) is 3.27. The van der Waals surface area contributed by atoms with Gasteiger partial charge in [-0.05, 0) is 31.2 Å². The molecule has 0 aromatic carbocycles. The van der Waals surface area contributed by atoms with E-state index in [1.54, 1.807) is 6.20 Å². The largest absolute Gasteiger partial charge is 0.443 e. The Kier molecular flexibility index (Phi) is 3.48. The molecule has 7 nitrogen and oxygen atoms in total. The molecule has 24 heavy (non-hydrogen) atoms. The molecule has 1 amide bonds. The SMILES string of the molecule is C[C@@H]1CC[C@H](Nc2c(-c3nc(C(N)=O)co3)cnc3[nH]ccc23)C1. The van der Waals surface area contributed by atoms with Gasteiger partial charge in [0, 0.05) is 23.8 Å². The van der Waals surface area contributed by atoms with Gasteiger partial charge in [-0.15, -0.1) is 0 Å². The second-order valence-corrected chi connectivity index (χ2v) is 6.45. The third-order valence-electron chi connectivity index (χ3n) is 4.62. The number of hydrogen-bond donors (Lipinski definition) is 3. The third kappa shape index (κ3) is 2.51. The van der Waals surface area contributed by atoms with Crippen LogP contribution in [-0.4, -0.2) is 26.9 Å². The Hall–Kier alpha value is -2.83. The van der Waals surface area contributed by atoms with Crippen molar-refractivity contribution in [2.24, 2.45) is 11.7 Å². The van der Waals surface area contributed by atoms with Crippen LogP contribution in [-0.2, 0) is 0 Å². The van der Waals surface area contributed by atoms with Gasteiger partial charge in [0.1, 0.15) is 11.9 Å². The van der Waals surface area contributed by atoms with Crippen LogP contribution in [0.25, 0.3) is 22.5 Å². The molecule has 0 radical (unpaired) electrons. The summed E-state index contributed by atoms with van der Waals surface area (Å²) in [6.45, 7) is 2.27. The second kappa shape index (κ2) is 5.67. The molecule has 4 rings (SSSR count). The lowest BCUT2D eigenvalue weighted by Crippen LogP contribution is -2.16. The van der Waals surface area contributed by atoms with Crippen LogP contribution in [0.4, 0.5) is 5.69 Å². The molecule has 3 aromatic heterocycles. The van der Waals surface area contributed by atoms with E-state index in [4.69, 9.17) is 10.2 Å². The Morgan fingerprint density at radius 1 is 1.46 bits per heavy atom. The minimum absolute atomic E-state index is 0.111. The Morgan fingerprint density at radius 2 is 2.33 bits per heavy atom. The molecule has 4 N–H and O–H groups in total. The number of fused-ring (bicyclic) bond motifs is 1. The quantitative estimate of drug-likeness (QED) is 0.683. The number of aromatic nitrogens is 3. The van der Waals surface area contributed by atoms with E-state index in [-0.39, 0.29) is 5.69 Å². The molecule has 0 aliphatic heterocycles. The summed E-state index contributed by atoms with van der Waals surface area (Å²) < 4.78 is 5.46. The molecular formula is C17H19N5O2. The number of aromatic amines is 1. The van der Waals surface area contributed by atoms with Gasteiger partial charge in [-0.25, -0.2) is 9.97 Å². The molecule has 0 unspecified atom stereocenters. The lowest BCUT2D eigenvalue weighted by Gasteiger charge is -2.17. The summed E-state index contributed by atoms with van der Waals surface area (Å²) in [6.07, 6.45) is 8.32. The molecular weight excluding hydrogens is 306 g/mol. The van der Waals surface area contributed by atoms with Crippen molar-refractivity contribution < 1.29 is 9.21 Å². The number of pyridine rings is 1. The molecule has 0 spiro atoms. The highest BCUT2D eigenvalue weighted by Gasteiger charge is 2.24. The minimum Gasteiger partial charge on any atom is -0.443 e. The van der Waals surface area contributed by atoms with E-state index in [2.05, 4.69) is 27.2 Å². The van der Waals surface area contributed by atoms with Gasteiger partial charge in [0.2, 0.25) is 5.89 Å². The van der Waals surface area contributed by atoms with Crippen LogP contribution in [0.15, 0.2) is 29.1 Å². The smallest absolute Gasteiger partial charge is 0.270 e. The first-order chi connectivity index (χ1) is 11.6. The number of hydrogen-bond acceptors (Lipinski definition) is 5. The van der Waals surface area contributed by atoms with Gasteiger partial charge in [0.05, 0.1) is 11.3 Å². The van der Waals surface area contributed by atoms with Crippen molar-refractivity contribution >= 4 is 22.6 Å². The Labute approximate surface area is 138 Å². The van der Waals surface area contributed by atoms with Gasteiger partial charge in [-0.2, -0.15) is 0 Å². The molecule has 7 heteroatoms. The number of rotatable bonds is 4. The summed E-state index contributed by atoms with van der Waals surface area (Å²) in [4.78, 5) is 23.0. The highest BCUT2D eigenvalue weighted by molar-refractivity contribution is 5.97. The van der Waals surface area contributed by atoms with Crippen LogP contribution in [0.3, 0.4) is 0 Å². The molecule has 1 aliphatic rings. The summed E-state index contributed by atoms with van der Waals surface area (Å²) in [5.74, 6) is 0.449. The summed E-state index contributed by atoms with van der Waals surface area (Å²) in [5, 5.41) is 4.61. The van der Waals surface area contributed by atoms with Crippen LogP contribution in [0.2, 0.25) is 0 Å². The molecule has 1 saturated carbocycles. The fourth-order valence-corrected chi connectivity index (χ4v) is 3.38. The maximum atomic E-state index is 11.3. The van der Waals surface area contributed by atoms with Gasteiger partial charge in [-0.3, -0.25) is 4.79 Å². The fourth-order valence-electron chi connectivity index (χ4n) is 3.38. The van der Waals surface area contributed by atoms with E-state index in [0.29, 0.717) is 11.9 Å². The third-order valence-corrected chi connectivity index (χ3v) is 4.62. The van der Waals surface area contributed by atoms with Gasteiger partial charge >= 0.3 is 0 Å². The van der Waals surface area contributed by atoms with Crippen LogP contribution in [0.1, 0.15) is 36.7 Å². The zero-order valence-corrected chi connectivity index (χ0v) is 13.4. The number of amides is 1. The van der Waals surface area contributed by atoms with Crippen molar-refractivity contribution in [1.82, 2.24) is 15.0 Å². The van der Waals surface area contributed by atoms with E-state index >= 15 is 0 Å². The zero-order chi connectivity index (χ0) is 16.7. The lowest BCUT2D eigenvalue weighted by atomic mass is 10.1. The lowest BCUT2D eigenvalue weighted by molar-refractivity contribution is 0.0995. The highest BCUT2D eigenvalue weighted by Crippen LogP contribution is 2.36. The number of carbonyl (C=O) groups is 1. The number of nitrogens with two attached hydrogens (primary N) is 1. The predicted octanol–water partition coefficient (Wildman–Crippen LogP) is 2.92. The van der Waals surface area contributed by atoms with Crippen LogP contribution < -0.4 is 11.1 Å². The van der Waals surface area contributed by atoms with Gasteiger partial charge in [-0.1, -0.05) is 6.92 Å². The normalized spacial score (nSPS) is 20.5. The number of H-pyrrole nitrogens is 1. The van der Waals surface area contributed by atoms with Gasteiger partial charge in [0.25, 0.3) is 5.91 Å². The van der Waals surface area contributed by atoms with E-state index in [1.165, 1.54) is 12.7 Å². The number of nitrogens with one attached hydrogen (secondary N) is 2. The highest BCUT2D eigenvalue weighted by atomic mass is 16.3. The predicted molar refractivity (Wildman–Crippen MR) is 90.5 cm³/mol. The van der Waals surface area contributed by atoms with Crippen LogP contribution in [0, 0.1) is 5.92 Å². The number of nitrogens with zero attached hydrogens (tertiary/aromatic N) is 2. The molecule has 1 fully saturated rings. The first-order valence-corrected chi connectivity index (χ1v) is 8.10. The van der Waals surface area contributed by atoms with Gasteiger partial charge < -0.3 is 20.5 Å². The Bertz CT molecular complexity index is 897. The molecule has 124 valence electrons. The van der Waals surface area contributed by atoms with Crippen LogP contribution >= 0.6 is 0 Å². The summed E-state index contributed by atoms with van der Waals surface area (Å²) >= 11 is 0. The van der Waals surface area contributed by atoms with Crippen molar-refractivity contribution in [3.05, 3.63) is 30.4 Å². The monoisotopic (exact) mass is 325 g/mol. The van der Waals surface area contributed by atoms with E-state index in [1.807, 2.05) is 12.3 Å². The van der Waals surface area contributed by atoms with Crippen molar-refractivity contribution in [1.29, 1.82) is 0 Å². The number of oxazole rings is 1. The zero-order valence-electron chi connectivity index (χ0n) is 13.4. The topological polar surface area (TPSA) is 110 Å². The standard InChI is InChI=1S/C17H19N5O2/c1-9-2-3-10(6-9)21-14-11-4-5-19-16(11)20-7-12(14)17-22-13(8-24-17)15(18)23/h4-5,7-10H,2-3,6H2,1H3,(H2,18,23)(H2,19,20,21)/t9-,10+/m1/s1. The first kappa shape index (κ1) is 14.7. The summed E-state index contributed by atoms with van der Waals surface area (Å²) in [5.41, 5.74) is 7.84. The Balaban J connectivity index is 1.78. The van der Waals surface area contributed by atoms with E-state index in [0.717, 1.165) is 41.0 Å². The van der Waals surface area contributed by atoms with Crippen molar-refractivity contribution in [3.63, 3.8) is 0 Å². The molecule has 2 atom stereocenters. The molecule has 0 bridgehead atoms. The minimum atomic E-state index is -0.611. The number of anilines is 1. The Morgan fingerprint density at radius 3 is 3.04 bits per heavy atom. The maximum absolute atomic E-state index is 11.3. The second-order valence-electron chi connectivity index (χ2n) is 6.45. The van der Waals surface area contributed by atoms with E-state index in [9.17, 15) is 4.79 Å². The summed E-state index contributed by atoms with van der Waals surface area (Å²) in [7, 11) is 0. The number of primary amides is 1. The molecule has 3 heterocycles.